The fourth-order valence-electron chi connectivity index (χ4n) is 3.43. The van der Waals surface area contributed by atoms with Gasteiger partial charge in [-0.2, -0.15) is 0 Å². The molecule has 154 valence electrons. The number of guanidine groups is 1. The maximum Gasteiger partial charge on any atom is 0.224 e. The quantitative estimate of drug-likeness (QED) is 0.533. The molecule has 1 amide bonds. The van der Waals surface area contributed by atoms with Crippen LogP contribution in [-0.2, 0) is 16.8 Å². The van der Waals surface area contributed by atoms with Crippen molar-refractivity contribution in [2.24, 2.45) is 4.99 Å². The van der Waals surface area contributed by atoms with E-state index in [0.29, 0.717) is 32.0 Å². The van der Waals surface area contributed by atoms with Gasteiger partial charge in [0.2, 0.25) is 5.91 Å². The second-order valence-electron chi connectivity index (χ2n) is 7.63. The van der Waals surface area contributed by atoms with Gasteiger partial charge >= 0.3 is 0 Å². The van der Waals surface area contributed by atoms with Crippen molar-refractivity contribution < 1.29 is 9.18 Å². The molecule has 1 aliphatic rings. The van der Waals surface area contributed by atoms with E-state index in [1.165, 1.54) is 6.07 Å². The molecule has 1 aliphatic carbocycles. The number of nitrogens with one attached hydrogen (secondary N) is 2. The predicted molar refractivity (Wildman–Crippen MR) is 114 cm³/mol. The first-order chi connectivity index (χ1) is 14.0. The second kappa shape index (κ2) is 9.54. The van der Waals surface area contributed by atoms with Gasteiger partial charge < -0.3 is 15.5 Å². The van der Waals surface area contributed by atoms with Crippen LogP contribution in [0.15, 0.2) is 59.6 Å². The molecular formula is C23H29FN4O. The molecule has 0 spiro atoms. The molecule has 3 rings (SSSR count). The van der Waals surface area contributed by atoms with E-state index in [1.54, 1.807) is 24.1 Å². The molecule has 2 aromatic carbocycles. The van der Waals surface area contributed by atoms with E-state index >= 15 is 0 Å². The van der Waals surface area contributed by atoms with Crippen LogP contribution in [0.5, 0.6) is 0 Å². The molecular weight excluding hydrogens is 367 g/mol. The highest BCUT2D eigenvalue weighted by atomic mass is 19.1. The molecule has 0 aliphatic heterocycles. The van der Waals surface area contributed by atoms with Crippen molar-refractivity contribution in [1.29, 1.82) is 0 Å². The van der Waals surface area contributed by atoms with Gasteiger partial charge in [-0.15, -0.1) is 0 Å². The molecule has 0 unspecified atom stereocenters. The van der Waals surface area contributed by atoms with Crippen LogP contribution in [0, 0.1) is 5.82 Å². The zero-order valence-corrected chi connectivity index (χ0v) is 17.1. The summed E-state index contributed by atoms with van der Waals surface area (Å²) in [5, 5.41) is 6.52. The summed E-state index contributed by atoms with van der Waals surface area (Å²) in [7, 11) is 3.53. The average molecular weight is 397 g/mol. The van der Waals surface area contributed by atoms with Crippen molar-refractivity contribution in [3.05, 3.63) is 71.5 Å². The van der Waals surface area contributed by atoms with Crippen molar-refractivity contribution in [1.82, 2.24) is 15.5 Å². The zero-order valence-electron chi connectivity index (χ0n) is 17.1. The molecule has 0 saturated heterocycles. The number of hydrogen-bond acceptors (Lipinski definition) is 2. The van der Waals surface area contributed by atoms with Crippen LogP contribution < -0.4 is 10.6 Å². The Morgan fingerprint density at radius 3 is 2.55 bits per heavy atom. The number of nitrogens with zero attached hydrogens (tertiary/aromatic N) is 2. The van der Waals surface area contributed by atoms with Crippen molar-refractivity contribution in [3.8, 4) is 0 Å². The van der Waals surface area contributed by atoms with E-state index in [-0.39, 0.29) is 17.1 Å². The largest absolute Gasteiger partial charge is 0.356 e. The van der Waals surface area contributed by atoms with E-state index < -0.39 is 0 Å². The molecule has 2 N–H and O–H groups in total. The summed E-state index contributed by atoms with van der Waals surface area (Å²) in [5.41, 5.74) is 2.12. The lowest BCUT2D eigenvalue weighted by molar-refractivity contribution is -0.130. The summed E-state index contributed by atoms with van der Waals surface area (Å²) < 4.78 is 13.5. The summed E-state index contributed by atoms with van der Waals surface area (Å²) >= 11 is 0. The standard InChI is InChI=1S/C23H29FN4O/c1-25-22(27-17-23(12-13-23)19-9-6-10-20(24)15-19)26-14-11-21(29)28(2)16-18-7-4-3-5-8-18/h3-10,15H,11-14,16-17H2,1-2H3,(H2,25,26,27). The third-order valence-corrected chi connectivity index (χ3v) is 5.43. The fraction of sp³-hybridized carbons (Fsp3) is 0.391. The highest BCUT2D eigenvalue weighted by Gasteiger charge is 2.44. The normalized spacial score (nSPS) is 14.9. The summed E-state index contributed by atoms with van der Waals surface area (Å²) in [6.07, 6.45) is 2.45. The first-order valence-corrected chi connectivity index (χ1v) is 10.0. The van der Waals surface area contributed by atoms with Crippen LogP contribution >= 0.6 is 0 Å². The van der Waals surface area contributed by atoms with Crippen LogP contribution in [0.2, 0.25) is 0 Å². The molecule has 29 heavy (non-hydrogen) atoms. The Balaban J connectivity index is 1.42. The maximum absolute atomic E-state index is 13.5. The lowest BCUT2D eigenvalue weighted by Gasteiger charge is -2.20. The Kier molecular flexibility index (Phi) is 6.86. The minimum atomic E-state index is -0.200. The van der Waals surface area contributed by atoms with Gasteiger partial charge in [0.1, 0.15) is 5.82 Å². The number of aliphatic imine (C=N–C) groups is 1. The average Bonchev–Trinajstić information content (AvgIpc) is 3.52. The number of carbonyl (C=O) groups excluding carboxylic acids is 1. The van der Waals surface area contributed by atoms with Gasteiger partial charge in [-0.3, -0.25) is 9.79 Å². The summed E-state index contributed by atoms with van der Waals surface area (Å²) in [6.45, 7) is 1.80. The SMILES string of the molecule is CN=C(NCCC(=O)N(C)Cc1ccccc1)NCC1(c2cccc(F)c2)CC1. The van der Waals surface area contributed by atoms with E-state index in [4.69, 9.17) is 0 Å². The highest BCUT2D eigenvalue weighted by molar-refractivity contribution is 5.81. The third kappa shape index (κ3) is 5.79. The number of hydrogen-bond donors (Lipinski definition) is 2. The van der Waals surface area contributed by atoms with Gasteiger partial charge in [-0.1, -0.05) is 42.5 Å². The van der Waals surface area contributed by atoms with Crippen LogP contribution in [0.4, 0.5) is 4.39 Å². The number of halogens is 1. The van der Waals surface area contributed by atoms with Gasteiger partial charge in [0.15, 0.2) is 5.96 Å². The molecule has 0 heterocycles. The molecule has 1 saturated carbocycles. The minimum Gasteiger partial charge on any atom is -0.356 e. The Morgan fingerprint density at radius 2 is 1.90 bits per heavy atom. The maximum atomic E-state index is 13.5. The van der Waals surface area contributed by atoms with Crippen molar-refractivity contribution in [2.45, 2.75) is 31.2 Å². The monoisotopic (exact) mass is 396 g/mol. The summed E-state index contributed by atoms with van der Waals surface area (Å²) in [4.78, 5) is 18.3. The van der Waals surface area contributed by atoms with Crippen molar-refractivity contribution >= 4 is 11.9 Å². The minimum absolute atomic E-state index is 0.0224. The molecule has 0 atom stereocenters. The van der Waals surface area contributed by atoms with E-state index in [1.807, 2.05) is 43.4 Å². The lowest BCUT2D eigenvalue weighted by Crippen LogP contribution is -2.42. The molecule has 1 fully saturated rings. The number of amides is 1. The summed E-state index contributed by atoms with van der Waals surface area (Å²) in [6, 6.07) is 16.8. The van der Waals surface area contributed by atoms with Gasteiger partial charge in [0.25, 0.3) is 0 Å². The van der Waals surface area contributed by atoms with Gasteiger partial charge in [0.05, 0.1) is 0 Å². The molecule has 0 bridgehead atoms. The third-order valence-electron chi connectivity index (χ3n) is 5.43. The molecule has 6 heteroatoms. The number of benzene rings is 2. The predicted octanol–water partition coefficient (Wildman–Crippen LogP) is 3.07. The molecule has 0 aromatic heterocycles. The van der Waals surface area contributed by atoms with Crippen molar-refractivity contribution in [3.63, 3.8) is 0 Å². The molecule has 2 aromatic rings. The van der Waals surface area contributed by atoms with Crippen molar-refractivity contribution in [2.75, 3.05) is 27.2 Å². The smallest absolute Gasteiger partial charge is 0.224 e. The zero-order chi connectivity index (χ0) is 20.7. The lowest BCUT2D eigenvalue weighted by atomic mass is 9.96. The van der Waals surface area contributed by atoms with E-state index in [9.17, 15) is 9.18 Å². The first kappa shape index (κ1) is 20.8. The van der Waals surface area contributed by atoms with Crippen LogP contribution in [0.1, 0.15) is 30.4 Å². The Hall–Kier alpha value is -2.89. The van der Waals surface area contributed by atoms with Crippen LogP contribution in [-0.4, -0.2) is 44.0 Å². The Morgan fingerprint density at radius 1 is 1.14 bits per heavy atom. The first-order valence-electron chi connectivity index (χ1n) is 10.0. The number of carbonyl (C=O) groups is 1. The highest BCUT2D eigenvalue weighted by Crippen LogP contribution is 2.47. The van der Waals surface area contributed by atoms with Crippen LogP contribution in [0.25, 0.3) is 0 Å². The summed E-state index contributed by atoms with van der Waals surface area (Å²) in [5.74, 6) is 0.538. The van der Waals surface area contributed by atoms with E-state index in [0.717, 1.165) is 24.0 Å². The molecule has 0 radical (unpaired) electrons. The topological polar surface area (TPSA) is 56.7 Å². The van der Waals surface area contributed by atoms with Gasteiger partial charge in [-0.05, 0) is 36.1 Å². The Labute approximate surface area is 172 Å². The number of rotatable bonds is 8. The van der Waals surface area contributed by atoms with E-state index in [2.05, 4.69) is 15.6 Å². The second-order valence-corrected chi connectivity index (χ2v) is 7.63. The molecule has 5 nitrogen and oxygen atoms in total. The van der Waals surface area contributed by atoms with Crippen LogP contribution in [0.3, 0.4) is 0 Å². The van der Waals surface area contributed by atoms with Gasteiger partial charge in [-0.25, -0.2) is 4.39 Å². The van der Waals surface area contributed by atoms with Gasteiger partial charge in [0, 0.05) is 45.6 Å². The fourth-order valence-corrected chi connectivity index (χ4v) is 3.43. The Bertz CT molecular complexity index is 849.